The van der Waals surface area contributed by atoms with Crippen LogP contribution >= 0.6 is 23.2 Å². The minimum absolute atomic E-state index is 0.401. The van der Waals surface area contributed by atoms with Crippen LogP contribution in [-0.2, 0) is 13.0 Å². The van der Waals surface area contributed by atoms with Crippen LogP contribution in [0.15, 0.2) is 24.3 Å². The van der Waals surface area contributed by atoms with Crippen LogP contribution in [0.5, 0.6) is 5.88 Å². The lowest BCUT2D eigenvalue weighted by Gasteiger charge is -2.10. The fraction of sp³-hybridized carbons (Fsp3) is 0.286. The van der Waals surface area contributed by atoms with Gasteiger partial charge in [-0.2, -0.15) is 4.98 Å². The lowest BCUT2D eigenvalue weighted by atomic mass is 10.2. The average molecular weight is 297 g/mol. The summed E-state index contributed by atoms with van der Waals surface area (Å²) < 4.78 is 5.71. The van der Waals surface area contributed by atoms with Crippen LogP contribution in [0.1, 0.15) is 23.9 Å². The molecule has 0 saturated carbocycles. The maximum absolute atomic E-state index is 6.05. The molecular weight excluding hydrogens is 283 g/mol. The molecule has 5 heteroatoms. The Kier molecular flexibility index (Phi) is 4.61. The highest BCUT2D eigenvalue weighted by atomic mass is 35.5. The molecule has 0 unspecified atom stereocenters. The van der Waals surface area contributed by atoms with E-state index in [4.69, 9.17) is 27.9 Å². The molecule has 0 amide bonds. The molecule has 3 nitrogen and oxygen atoms in total. The van der Waals surface area contributed by atoms with Crippen molar-refractivity contribution in [3.05, 3.63) is 51.4 Å². The third-order valence-corrected chi connectivity index (χ3v) is 3.27. The standard InChI is InChI=1S/C14H14Cl2N2O/c1-3-12-17-13(16)9(2)14(18-12)19-8-10-5-4-6-11(15)7-10/h4-7H,3,8H2,1-2H3. The van der Waals surface area contributed by atoms with E-state index in [9.17, 15) is 0 Å². The topological polar surface area (TPSA) is 35.0 Å². The molecular formula is C14H14Cl2N2O. The first-order chi connectivity index (χ1) is 9.10. The Morgan fingerprint density at radius 1 is 1.21 bits per heavy atom. The molecule has 0 N–H and O–H groups in total. The van der Waals surface area contributed by atoms with Gasteiger partial charge in [-0.15, -0.1) is 0 Å². The Morgan fingerprint density at radius 2 is 2.00 bits per heavy atom. The lowest BCUT2D eigenvalue weighted by Crippen LogP contribution is -2.03. The molecule has 0 atom stereocenters. The zero-order chi connectivity index (χ0) is 13.8. The number of hydrogen-bond donors (Lipinski definition) is 0. The molecule has 2 aromatic rings. The molecule has 1 aromatic heterocycles. The highest BCUT2D eigenvalue weighted by molar-refractivity contribution is 6.30. The van der Waals surface area contributed by atoms with Crippen molar-refractivity contribution >= 4 is 23.2 Å². The molecule has 0 aliphatic heterocycles. The Morgan fingerprint density at radius 3 is 2.68 bits per heavy atom. The summed E-state index contributed by atoms with van der Waals surface area (Å²) in [6.07, 6.45) is 0.716. The molecule has 1 heterocycles. The SMILES string of the molecule is CCc1nc(Cl)c(C)c(OCc2cccc(Cl)c2)n1. The van der Waals surface area contributed by atoms with E-state index in [1.165, 1.54) is 0 Å². The molecule has 0 radical (unpaired) electrons. The van der Waals surface area contributed by atoms with Crippen LogP contribution in [0.25, 0.3) is 0 Å². The fourth-order valence-corrected chi connectivity index (χ4v) is 1.98. The summed E-state index contributed by atoms with van der Waals surface area (Å²) in [7, 11) is 0. The van der Waals surface area contributed by atoms with E-state index in [1.54, 1.807) is 0 Å². The number of rotatable bonds is 4. The number of halogens is 2. The molecule has 0 spiro atoms. The molecule has 19 heavy (non-hydrogen) atoms. The van der Waals surface area contributed by atoms with E-state index in [2.05, 4.69) is 9.97 Å². The molecule has 100 valence electrons. The number of nitrogens with zero attached hydrogens (tertiary/aromatic N) is 2. The van der Waals surface area contributed by atoms with Crippen LogP contribution in [0.4, 0.5) is 0 Å². The zero-order valence-corrected chi connectivity index (χ0v) is 12.3. The Hall–Kier alpha value is -1.32. The highest BCUT2D eigenvalue weighted by Gasteiger charge is 2.10. The second kappa shape index (κ2) is 6.22. The van der Waals surface area contributed by atoms with Crippen LogP contribution in [0.2, 0.25) is 10.2 Å². The number of ether oxygens (including phenoxy) is 1. The van der Waals surface area contributed by atoms with Crippen molar-refractivity contribution in [3.63, 3.8) is 0 Å². The van der Waals surface area contributed by atoms with Crippen molar-refractivity contribution in [2.75, 3.05) is 0 Å². The lowest BCUT2D eigenvalue weighted by molar-refractivity contribution is 0.290. The quantitative estimate of drug-likeness (QED) is 0.792. The second-order valence-corrected chi connectivity index (χ2v) is 4.93. The van der Waals surface area contributed by atoms with Gasteiger partial charge in [0, 0.05) is 17.0 Å². The van der Waals surface area contributed by atoms with Gasteiger partial charge in [-0.1, -0.05) is 42.3 Å². The Labute approximate surface area is 122 Å². The number of benzene rings is 1. The molecule has 0 saturated heterocycles. The summed E-state index contributed by atoms with van der Waals surface area (Å²) in [4.78, 5) is 8.51. The third-order valence-electron chi connectivity index (χ3n) is 2.67. The van der Waals surface area contributed by atoms with Gasteiger partial charge in [-0.3, -0.25) is 0 Å². The van der Waals surface area contributed by atoms with Crippen LogP contribution in [0, 0.1) is 6.92 Å². The number of aromatic nitrogens is 2. The van der Waals surface area contributed by atoms with Gasteiger partial charge in [0.1, 0.15) is 17.6 Å². The van der Waals surface area contributed by atoms with Crippen LogP contribution in [0.3, 0.4) is 0 Å². The zero-order valence-electron chi connectivity index (χ0n) is 10.8. The first-order valence-electron chi connectivity index (χ1n) is 6.00. The van der Waals surface area contributed by atoms with Gasteiger partial charge in [0.15, 0.2) is 0 Å². The van der Waals surface area contributed by atoms with E-state index in [1.807, 2.05) is 38.1 Å². The van der Waals surface area contributed by atoms with Crippen LogP contribution in [-0.4, -0.2) is 9.97 Å². The number of aryl methyl sites for hydroxylation is 1. The summed E-state index contributed by atoms with van der Waals surface area (Å²) in [5, 5.41) is 1.13. The van der Waals surface area contributed by atoms with Crippen molar-refractivity contribution in [1.29, 1.82) is 0 Å². The van der Waals surface area contributed by atoms with Crippen molar-refractivity contribution in [3.8, 4) is 5.88 Å². The molecule has 2 rings (SSSR count). The first kappa shape index (κ1) is 14.1. The summed E-state index contributed by atoms with van der Waals surface area (Å²) in [5.41, 5.74) is 1.74. The smallest absolute Gasteiger partial charge is 0.221 e. The van der Waals surface area contributed by atoms with Crippen molar-refractivity contribution in [2.45, 2.75) is 26.9 Å². The minimum atomic E-state index is 0.401. The van der Waals surface area contributed by atoms with Gasteiger partial charge in [0.25, 0.3) is 0 Å². The van der Waals surface area contributed by atoms with E-state index >= 15 is 0 Å². The van der Waals surface area contributed by atoms with Gasteiger partial charge >= 0.3 is 0 Å². The molecule has 0 bridgehead atoms. The van der Waals surface area contributed by atoms with Gasteiger partial charge in [0.05, 0.1) is 0 Å². The summed E-state index contributed by atoms with van der Waals surface area (Å²) >= 11 is 12.0. The average Bonchev–Trinajstić information content (AvgIpc) is 2.40. The minimum Gasteiger partial charge on any atom is -0.472 e. The highest BCUT2D eigenvalue weighted by Crippen LogP contribution is 2.23. The summed E-state index contributed by atoms with van der Waals surface area (Å²) in [5.74, 6) is 1.20. The molecule has 1 aromatic carbocycles. The first-order valence-corrected chi connectivity index (χ1v) is 6.76. The van der Waals surface area contributed by atoms with Crippen molar-refractivity contribution < 1.29 is 4.74 Å². The van der Waals surface area contributed by atoms with Gasteiger partial charge in [-0.25, -0.2) is 4.98 Å². The summed E-state index contributed by atoms with van der Waals surface area (Å²) in [6, 6.07) is 7.52. The second-order valence-electron chi connectivity index (χ2n) is 4.13. The van der Waals surface area contributed by atoms with E-state index < -0.39 is 0 Å². The maximum atomic E-state index is 6.05. The Balaban J connectivity index is 2.17. The predicted molar refractivity (Wildman–Crippen MR) is 76.9 cm³/mol. The van der Waals surface area contributed by atoms with Gasteiger partial charge in [-0.05, 0) is 24.6 Å². The van der Waals surface area contributed by atoms with E-state index in [-0.39, 0.29) is 0 Å². The number of hydrogen-bond acceptors (Lipinski definition) is 3. The maximum Gasteiger partial charge on any atom is 0.221 e. The van der Waals surface area contributed by atoms with E-state index in [0.29, 0.717) is 34.9 Å². The van der Waals surface area contributed by atoms with Crippen molar-refractivity contribution in [2.24, 2.45) is 0 Å². The normalized spacial score (nSPS) is 10.5. The van der Waals surface area contributed by atoms with Gasteiger partial charge < -0.3 is 4.74 Å². The largest absolute Gasteiger partial charge is 0.472 e. The van der Waals surface area contributed by atoms with E-state index in [0.717, 1.165) is 11.1 Å². The fourth-order valence-electron chi connectivity index (χ4n) is 1.59. The van der Waals surface area contributed by atoms with Gasteiger partial charge in [0.2, 0.25) is 5.88 Å². The molecule has 0 aliphatic rings. The third kappa shape index (κ3) is 3.58. The van der Waals surface area contributed by atoms with Crippen molar-refractivity contribution in [1.82, 2.24) is 9.97 Å². The monoisotopic (exact) mass is 296 g/mol. The Bertz CT molecular complexity index is 588. The van der Waals surface area contributed by atoms with Crippen LogP contribution < -0.4 is 4.74 Å². The summed E-state index contributed by atoms with van der Waals surface area (Å²) in [6.45, 7) is 4.22. The predicted octanol–water partition coefficient (Wildman–Crippen LogP) is 4.23. The molecule has 0 fully saturated rings. The molecule has 0 aliphatic carbocycles.